The van der Waals surface area contributed by atoms with Crippen LogP contribution in [0.4, 0.5) is 4.39 Å². The Kier molecular flexibility index (Phi) is 4.90. The Labute approximate surface area is 139 Å². The van der Waals surface area contributed by atoms with Crippen LogP contribution >= 0.6 is 11.6 Å². The van der Waals surface area contributed by atoms with Crippen molar-refractivity contribution in [1.82, 2.24) is 4.98 Å². The molecule has 1 heterocycles. The summed E-state index contributed by atoms with van der Waals surface area (Å²) >= 11 is 6.06. The Hall–Kier alpha value is -2.14. The number of halogens is 2. The fourth-order valence-corrected chi connectivity index (χ4v) is 2.17. The van der Waals surface area contributed by atoms with Gasteiger partial charge in [-0.15, -0.1) is 0 Å². The van der Waals surface area contributed by atoms with Gasteiger partial charge in [0.2, 0.25) is 0 Å². The van der Waals surface area contributed by atoms with Crippen molar-refractivity contribution in [2.75, 3.05) is 7.11 Å². The standard InChI is InChI=1S/C17H17ClFNO3/c1-17(2,3)23-16(21)11-8-9-12(20-15(11)18)10-6-5-7-13(22-4)14(10)19/h5-9H,1-4H3. The first-order valence-corrected chi connectivity index (χ1v) is 7.33. The van der Waals surface area contributed by atoms with Gasteiger partial charge in [-0.2, -0.15) is 0 Å². The molecule has 0 aliphatic rings. The smallest absolute Gasteiger partial charge is 0.341 e. The highest BCUT2D eigenvalue weighted by Gasteiger charge is 2.21. The summed E-state index contributed by atoms with van der Waals surface area (Å²) in [7, 11) is 1.38. The predicted molar refractivity (Wildman–Crippen MR) is 86.4 cm³/mol. The maximum absolute atomic E-state index is 14.3. The second kappa shape index (κ2) is 6.54. The van der Waals surface area contributed by atoms with E-state index in [4.69, 9.17) is 21.1 Å². The van der Waals surface area contributed by atoms with Crippen LogP contribution in [0.1, 0.15) is 31.1 Å². The molecule has 0 atom stereocenters. The summed E-state index contributed by atoms with van der Waals surface area (Å²) in [6.45, 7) is 5.27. The summed E-state index contributed by atoms with van der Waals surface area (Å²) in [6.07, 6.45) is 0. The lowest BCUT2D eigenvalue weighted by molar-refractivity contribution is 0.00693. The quantitative estimate of drug-likeness (QED) is 0.611. The van der Waals surface area contributed by atoms with E-state index in [-0.39, 0.29) is 22.0 Å². The number of nitrogens with zero attached hydrogens (tertiary/aromatic N) is 1. The number of aromatic nitrogens is 1. The zero-order valence-electron chi connectivity index (χ0n) is 13.3. The minimum Gasteiger partial charge on any atom is -0.494 e. The second-order valence-corrected chi connectivity index (χ2v) is 6.22. The lowest BCUT2D eigenvalue weighted by atomic mass is 10.1. The average Bonchev–Trinajstić information content (AvgIpc) is 2.45. The van der Waals surface area contributed by atoms with Gasteiger partial charge in [-0.05, 0) is 45.0 Å². The van der Waals surface area contributed by atoms with Gasteiger partial charge in [0.25, 0.3) is 0 Å². The topological polar surface area (TPSA) is 48.4 Å². The van der Waals surface area contributed by atoms with Crippen LogP contribution in [0.25, 0.3) is 11.3 Å². The van der Waals surface area contributed by atoms with E-state index in [1.165, 1.54) is 25.3 Å². The molecule has 0 radical (unpaired) electrons. The Morgan fingerprint density at radius 1 is 1.22 bits per heavy atom. The molecule has 6 heteroatoms. The maximum atomic E-state index is 14.3. The molecule has 1 aromatic heterocycles. The highest BCUT2D eigenvalue weighted by atomic mass is 35.5. The number of methoxy groups -OCH3 is 1. The molecule has 1 aromatic carbocycles. The molecule has 0 saturated heterocycles. The van der Waals surface area contributed by atoms with Gasteiger partial charge in [0.05, 0.1) is 18.4 Å². The molecule has 0 fully saturated rings. The van der Waals surface area contributed by atoms with Crippen molar-refractivity contribution in [1.29, 1.82) is 0 Å². The SMILES string of the molecule is COc1cccc(-c2ccc(C(=O)OC(C)(C)C)c(Cl)n2)c1F. The zero-order chi connectivity index (χ0) is 17.2. The van der Waals surface area contributed by atoms with Crippen molar-refractivity contribution < 1.29 is 18.7 Å². The number of carbonyl (C=O) groups excluding carboxylic acids is 1. The third kappa shape index (κ3) is 3.99. The van der Waals surface area contributed by atoms with Crippen LogP contribution in [0.3, 0.4) is 0 Å². The van der Waals surface area contributed by atoms with Crippen molar-refractivity contribution >= 4 is 17.6 Å². The zero-order valence-corrected chi connectivity index (χ0v) is 14.1. The summed E-state index contributed by atoms with van der Waals surface area (Å²) in [6, 6.07) is 7.70. The van der Waals surface area contributed by atoms with E-state index >= 15 is 0 Å². The van der Waals surface area contributed by atoms with Crippen LogP contribution in [0.2, 0.25) is 5.15 Å². The summed E-state index contributed by atoms with van der Waals surface area (Å²) in [5, 5.41) is -0.0426. The number of esters is 1. The van der Waals surface area contributed by atoms with Gasteiger partial charge in [-0.25, -0.2) is 14.2 Å². The van der Waals surface area contributed by atoms with E-state index in [1.807, 2.05) is 0 Å². The molecule has 0 aliphatic carbocycles. The van der Waals surface area contributed by atoms with Gasteiger partial charge in [0.15, 0.2) is 11.6 Å². The fourth-order valence-electron chi connectivity index (χ4n) is 1.94. The van der Waals surface area contributed by atoms with Crippen LogP contribution in [0.5, 0.6) is 5.75 Å². The first-order chi connectivity index (χ1) is 10.7. The predicted octanol–water partition coefficient (Wildman–Crippen LogP) is 4.51. The Balaban J connectivity index is 2.39. The van der Waals surface area contributed by atoms with Crippen LogP contribution in [-0.4, -0.2) is 23.7 Å². The van der Waals surface area contributed by atoms with E-state index in [2.05, 4.69) is 4.98 Å². The first kappa shape index (κ1) is 17.2. The summed E-state index contributed by atoms with van der Waals surface area (Å²) < 4.78 is 24.5. The third-order valence-electron chi connectivity index (χ3n) is 2.93. The van der Waals surface area contributed by atoms with E-state index in [9.17, 15) is 9.18 Å². The fraction of sp³-hybridized carbons (Fsp3) is 0.294. The number of hydrogen-bond acceptors (Lipinski definition) is 4. The normalized spacial score (nSPS) is 11.2. The van der Waals surface area contributed by atoms with Gasteiger partial charge in [-0.1, -0.05) is 17.7 Å². The highest BCUT2D eigenvalue weighted by Crippen LogP contribution is 2.29. The highest BCUT2D eigenvalue weighted by molar-refractivity contribution is 6.32. The molecule has 4 nitrogen and oxygen atoms in total. The average molecular weight is 338 g/mol. The molecule has 0 saturated carbocycles. The number of hydrogen-bond donors (Lipinski definition) is 0. The summed E-state index contributed by atoms with van der Waals surface area (Å²) in [5.41, 5.74) is 0.0344. The van der Waals surface area contributed by atoms with Crippen molar-refractivity contribution in [2.24, 2.45) is 0 Å². The molecule has 0 N–H and O–H groups in total. The molecule has 0 bridgehead atoms. The van der Waals surface area contributed by atoms with Crippen molar-refractivity contribution in [3.05, 3.63) is 46.9 Å². The van der Waals surface area contributed by atoms with Gasteiger partial charge in [0.1, 0.15) is 10.8 Å². The number of benzene rings is 1. The van der Waals surface area contributed by atoms with Crippen LogP contribution < -0.4 is 4.74 Å². The lowest BCUT2D eigenvalue weighted by Crippen LogP contribution is -2.24. The van der Waals surface area contributed by atoms with Gasteiger partial charge >= 0.3 is 5.97 Å². The minimum absolute atomic E-state index is 0.0426. The summed E-state index contributed by atoms with van der Waals surface area (Å²) in [4.78, 5) is 16.2. The Bertz CT molecular complexity index is 741. The summed E-state index contributed by atoms with van der Waals surface area (Å²) in [5.74, 6) is -1.01. The number of pyridine rings is 1. The monoisotopic (exact) mass is 337 g/mol. The largest absolute Gasteiger partial charge is 0.494 e. The van der Waals surface area contributed by atoms with E-state index < -0.39 is 17.4 Å². The third-order valence-corrected chi connectivity index (χ3v) is 3.21. The van der Waals surface area contributed by atoms with Crippen LogP contribution in [0, 0.1) is 5.82 Å². The minimum atomic E-state index is -0.641. The molecule has 122 valence electrons. The van der Waals surface area contributed by atoms with Crippen molar-refractivity contribution in [2.45, 2.75) is 26.4 Å². The Morgan fingerprint density at radius 3 is 2.48 bits per heavy atom. The van der Waals surface area contributed by atoms with Gasteiger partial charge in [0, 0.05) is 5.56 Å². The maximum Gasteiger partial charge on any atom is 0.341 e. The molecule has 0 amide bonds. The molecule has 0 spiro atoms. The molecular formula is C17H17ClFNO3. The van der Waals surface area contributed by atoms with Crippen molar-refractivity contribution in [3.63, 3.8) is 0 Å². The van der Waals surface area contributed by atoms with Crippen LogP contribution in [-0.2, 0) is 4.74 Å². The first-order valence-electron chi connectivity index (χ1n) is 6.95. The second-order valence-electron chi connectivity index (χ2n) is 5.86. The van der Waals surface area contributed by atoms with E-state index in [0.29, 0.717) is 5.69 Å². The van der Waals surface area contributed by atoms with E-state index in [0.717, 1.165) is 0 Å². The van der Waals surface area contributed by atoms with Gasteiger partial charge in [-0.3, -0.25) is 0 Å². The van der Waals surface area contributed by atoms with Crippen molar-refractivity contribution in [3.8, 4) is 17.0 Å². The molecule has 2 aromatic rings. The molecule has 2 rings (SSSR count). The molecule has 0 aliphatic heterocycles. The number of rotatable bonds is 3. The lowest BCUT2D eigenvalue weighted by Gasteiger charge is -2.19. The number of ether oxygens (including phenoxy) is 2. The Morgan fingerprint density at radius 2 is 1.91 bits per heavy atom. The van der Waals surface area contributed by atoms with E-state index in [1.54, 1.807) is 32.9 Å². The number of carbonyl (C=O) groups is 1. The van der Waals surface area contributed by atoms with Gasteiger partial charge < -0.3 is 9.47 Å². The molecule has 23 heavy (non-hydrogen) atoms. The molecule has 0 unspecified atom stereocenters. The molecular weight excluding hydrogens is 321 g/mol. The van der Waals surface area contributed by atoms with Crippen LogP contribution in [0.15, 0.2) is 30.3 Å².